The fraction of sp³-hybridized carbons (Fsp3) is 0.185. The summed E-state index contributed by atoms with van der Waals surface area (Å²) in [6.07, 6.45) is 0. The van der Waals surface area contributed by atoms with E-state index in [1.807, 2.05) is 0 Å². The number of anilines is 2. The van der Waals surface area contributed by atoms with Crippen LogP contribution in [0, 0.1) is 0 Å². The molecule has 3 aromatic carbocycles. The van der Waals surface area contributed by atoms with E-state index in [9.17, 15) is 27.6 Å². The van der Waals surface area contributed by atoms with E-state index in [1.54, 1.807) is 49.4 Å². The normalized spacial score (nSPS) is 13.6. The second-order valence-corrected chi connectivity index (χ2v) is 10.8. The van der Waals surface area contributed by atoms with Crippen molar-refractivity contribution in [3.8, 4) is 0 Å². The van der Waals surface area contributed by atoms with E-state index in [1.165, 1.54) is 41.6 Å². The van der Waals surface area contributed by atoms with Crippen molar-refractivity contribution < 1.29 is 32.3 Å². The highest BCUT2D eigenvalue weighted by Gasteiger charge is 2.41. The number of nitrogens with one attached hydrogen (secondary N) is 1. The molecule has 0 aliphatic carbocycles. The number of carbonyl (C=O) groups is 4. The largest absolute Gasteiger partial charge is 0.454 e. The molecule has 202 valence electrons. The molecule has 10 nitrogen and oxygen atoms in total. The minimum Gasteiger partial charge on any atom is -0.454 e. The summed E-state index contributed by atoms with van der Waals surface area (Å²) < 4.78 is 32.9. The Labute approximate surface area is 230 Å². The molecule has 1 aliphatic rings. The maximum atomic E-state index is 13.3. The molecule has 1 N–H and O–H groups in total. The zero-order valence-corrected chi connectivity index (χ0v) is 22.5. The van der Waals surface area contributed by atoms with Gasteiger partial charge in [-0.3, -0.25) is 23.6 Å². The van der Waals surface area contributed by atoms with E-state index in [0.29, 0.717) is 5.69 Å². The van der Waals surface area contributed by atoms with Crippen molar-refractivity contribution in [3.05, 3.63) is 88.9 Å². The zero-order valence-electron chi connectivity index (χ0n) is 21.0. The van der Waals surface area contributed by atoms with Crippen LogP contribution in [0.25, 0.3) is 0 Å². The molecule has 0 saturated carbocycles. The molecule has 0 radical (unpaired) electrons. The van der Waals surface area contributed by atoms with Gasteiger partial charge in [-0.05, 0) is 56.3 Å². The van der Waals surface area contributed by atoms with Crippen LogP contribution in [-0.4, -0.2) is 56.2 Å². The van der Waals surface area contributed by atoms with E-state index in [-0.39, 0.29) is 33.3 Å². The summed E-state index contributed by atoms with van der Waals surface area (Å²) >= 11 is 6.18. The van der Waals surface area contributed by atoms with Crippen molar-refractivity contribution in [1.29, 1.82) is 0 Å². The van der Waals surface area contributed by atoms with Crippen molar-refractivity contribution in [2.75, 3.05) is 22.8 Å². The molecule has 1 aliphatic heterocycles. The highest BCUT2D eigenvalue weighted by atomic mass is 35.5. The molecule has 4 rings (SSSR count). The lowest BCUT2D eigenvalue weighted by atomic mass is 10.1. The molecule has 12 heteroatoms. The van der Waals surface area contributed by atoms with Gasteiger partial charge in [0.2, 0.25) is 0 Å². The molecule has 0 spiro atoms. The third-order valence-corrected chi connectivity index (χ3v) is 8.26. The van der Waals surface area contributed by atoms with Gasteiger partial charge in [0, 0.05) is 6.54 Å². The summed E-state index contributed by atoms with van der Waals surface area (Å²) in [7, 11) is -3.99. The number of fused-ring (bicyclic) bond motifs is 1. The fourth-order valence-electron chi connectivity index (χ4n) is 4.08. The Hall–Kier alpha value is -4.22. The first kappa shape index (κ1) is 27.8. The highest BCUT2D eigenvalue weighted by molar-refractivity contribution is 7.92. The average Bonchev–Trinajstić information content (AvgIpc) is 3.18. The van der Waals surface area contributed by atoms with Crippen LogP contribution in [0.2, 0.25) is 5.02 Å². The van der Waals surface area contributed by atoms with Crippen molar-refractivity contribution in [3.63, 3.8) is 0 Å². The molecule has 0 aromatic heterocycles. The molecular weight excluding hydrogens is 546 g/mol. The third kappa shape index (κ3) is 5.50. The maximum Gasteiger partial charge on any atom is 0.329 e. The van der Waals surface area contributed by atoms with Gasteiger partial charge in [0.1, 0.15) is 6.04 Å². The van der Waals surface area contributed by atoms with Crippen molar-refractivity contribution >= 4 is 56.7 Å². The van der Waals surface area contributed by atoms with E-state index in [0.717, 1.165) is 4.90 Å². The molecule has 0 bridgehead atoms. The summed E-state index contributed by atoms with van der Waals surface area (Å²) in [5, 5.41) is 2.50. The van der Waals surface area contributed by atoms with Gasteiger partial charge in [-0.25, -0.2) is 13.2 Å². The second kappa shape index (κ2) is 11.3. The SMILES string of the molecule is CCN(c1ccccc1)S(=O)(=O)c1ccc(Cl)c(NC(=O)COC(=O)[C@H](C)N2C(=O)c3ccccc3C2=O)c1. The standard InChI is InChI=1S/C27H24ClN3O7S/c1-3-30(18-9-5-4-6-10-18)39(36,37)19-13-14-22(28)23(15-19)29-24(32)16-38-27(35)17(2)31-25(33)20-11-7-8-12-21(20)26(31)34/h4-15,17H,3,16H2,1-2H3,(H,29,32)/t17-/m0/s1. The number of para-hydroxylation sites is 1. The quantitative estimate of drug-likeness (QED) is 0.307. The van der Waals surface area contributed by atoms with Gasteiger partial charge in [-0.15, -0.1) is 0 Å². The Morgan fingerprint density at radius 2 is 1.56 bits per heavy atom. The molecule has 3 amide bonds. The molecule has 1 atom stereocenters. The summed E-state index contributed by atoms with van der Waals surface area (Å²) in [6, 6.07) is 17.3. The summed E-state index contributed by atoms with van der Waals surface area (Å²) in [5.41, 5.74) is 0.826. The summed E-state index contributed by atoms with van der Waals surface area (Å²) in [6.45, 7) is 2.42. The van der Waals surface area contributed by atoms with Gasteiger partial charge >= 0.3 is 5.97 Å². The van der Waals surface area contributed by atoms with E-state index in [4.69, 9.17) is 16.3 Å². The van der Waals surface area contributed by atoms with Gasteiger partial charge < -0.3 is 10.1 Å². The molecule has 0 unspecified atom stereocenters. The highest BCUT2D eigenvalue weighted by Crippen LogP contribution is 2.29. The topological polar surface area (TPSA) is 130 Å². The average molecular weight is 570 g/mol. The number of carbonyl (C=O) groups excluding carboxylic acids is 4. The van der Waals surface area contributed by atoms with Crippen LogP contribution in [-0.2, 0) is 24.3 Å². The predicted octanol–water partition coefficient (Wildman–Crippen LogP) is 3.72. The number of imide groups is 1. The van der Waals surface area contributed by atoms with Crippen molar-refractivity contribution in [1.82, 2.24) is 4.90 Å². The van der Waals surface area contributed by atoms with Gasteiger partial charge in [0.15, 0.2) is 6.61 Å². The third-order valence-electron chi connectivity index (χ3n) is 6.03. The van der Waals surface area contributed by atoms with Crippen LogP contribution in [0.4, 0.5) is 11.4 Å². The molecule has 3 aromatic rings. The van der Waals surface area contributed by atoms with Crippen LogP contribution in [0.15, 0.2) is 77.7 Å². The Kier molecular flexibility index (Phi) is 8.03. The number of amides is 3. The number of sulfonamides is 1. The lowest BCUT2D eigenvalue weighted by Crippen LogP contribution is -2.44. The number of esters is 1. The van der Waals surface area contributed by atoms with Gasteiger partial charge in [-0.1, -0.05) is 41.9 Å². The van der Waals surface area contributed by atoms with Gasteiger partial charge in [0.05, 0.1) is 32.4 Å². The number of benzene rings is 3. The lowest BCUT2D eigenvalue weighted by Gasteiger charge is -2.23. The Balaban J connectivity index is 1.42. The van der Waals surface area contributed by atoms with E-state index in [2.05, 4.69) is 5.32 Å². The van der Waals surface area contributed by atoms with Crippen molar-refractivity contribution in [2.45, 2.75) is 24.8 Å². The Bertz CT molecular complexity index is 1530. The smallest absolute Gasteiger partial charge is 0.329 e. The molecule has 39 heavy (non-hydrogen) atoms. The molecule has 0 saturated heterocycles. The first-order valence-electron chi connectivity index (χ1n) is 11.9. The molecule has 0 fully saturated rings. The maximum absolute atomic E-state index is 13.3. The number of ether oxygens (including phenoxy) is 1. The number of halogens is 1. The van der Waals surface area contributed by atoms with Gasteiger partial charge in [-0.2, -0.15) is 0 Å². The van der Waals surface area contributed by atoms with E-state index < -0.39 is 46.4 Å². The number of nitrogens with zero attached hydrogens (tertiary/aromatic N) is 2. The van der Waals surface area contributed by atoms with Crippen LogP contribution in [0.1, 0.15) is 34.6 Å². The Morgan fingerprint density at radius 3 is 2.15 bits per heavy atom. The minimum atomic E-state index is -3.99. The van der Waals surface area contributed by atoms with Crippen LogP contribution < -0.4 is 9.62 Å². The summed E-state index contributed by atoms with van der Waals surface area (Å²) in [4.78, 5) is 51.0. The first-order valence-corrected chi connectivity index (χ1v) is 13.7. The molecular formula is C27H24ClN3O7S. The number of hydrogen-bond donors (Lipinski definition) is 1. The van der Waals surface area contributed by atoms with Crippen molar-refractivity contribution in [2.24, 2.45) is 0 Å². The Morgan fingerprint density at radius 1 is 0.974 bits per heavy atom. The zero-order chi connectivity index (χ0) is 28.3. The monoisotopic (exact) mass is 569 g/mol. The minimum absolute atomic E-state index is 0.00342. The van der Waals surface area contributed by atoms with Crippen LogP contribution in [0.3, 0.4) is 0 Å². The number of rotatable bonds is 9. The van der Waals surface area contributed by atoms with E-state index >= 15 is 0 Å². The lowest BCUT2D eigenvalue weighted by molar-refractivity contribution is -0.150. The summed E-state index contributed by atoms with van der Waals surface area (Å²) in [5.74, 6) is -3.04. The van der Waals surface area contributed by atoms with Crippen LogP contribution >= 0.6 is 11.6 Å². The first-order chi connectivity index (χ1) is 18.6. The molecule has 1 heterocycles. The second-order valence-electron chi connectivity index (χ2n) is 8.50. The van der Waals surface area contributed by atoms with Crippen LogP contribution in [0.5, 0.6) is 0 Å². The van der Waals surface area contributed by atoms with Gasteiger partial charge in [0.25, 0.3) is 27.7 Å². The number of hydrogen-bond acceptors (Lipinski definition) is 7. The fourth-order valence-corrected chi connectivity index (χ4v) is 5.75. The predicted molar refractivity (Wildman–Crippen MR) is 144 cm³/mol.